The van der Waals surface area contributed by atoms with Gasteiger partial charge in [0, 0.05) is 11.3 Å². The highest BCUT2D eigenvalue weighted by molar-refractivity contribution is 5.97. The van der Waals surface area contributed by atoms with Crippen molar-refractivity contribution >= 4 is 17.4 Å². The van der Waals surface area contributed by atoms with E-state index in [0.717, 1.165) is 0 Å². The number of benzene rings is 2. The maximum Gasteiger partial charge on any atom is 0.227 e. The van der Waals surface area contributed by atoms with Crippen LogP contribution in [0.2, 0.25) is 0 Å². The van der Waals surface area contributed by atoms with Crippen molar-refractivity contribution in [2.24, 2.45) is 0 Å². The summed E-state index contributed by atoms with van der Waals surface area (Å²) in [5.41, 5.74) is 1.16. The van der Waals surface area contributed by atoms with Gasteiger partial charge in [0.05, 0.1) is 20.1 Å². The monoisotopic (exact) mass is 313 g/mol. The van der Waals surface area contributed by atoms with E-state index >= 15 is 0 Å². The molecule has 0 unspecified atom stereocenters. The molecule has 2 aromatic carbocycles. The standard InChI is InChI=1S/C18H19NO4/c1-13(20)14-6-5-7-15(12-14)19-18(21)10-11-23-17-9-4-3-8-16(17)22-2/h3-9,12H,10-11H2,1-2H3,(H,19,21). The number of nitrogens with one attached hydrogen (secondary N) is 1. The average Bonchev–Trinajstić information content (AvgIpc) is 2.55. The third-order valence-electron chi connectivity index (χ3n) is 3.21. The van der Waals surface area contributed by atoms with Crippen LogP contribution in [0.15, 0.2) is 48.5 Å². The number of carbonyl (C=O) groups is 2. The predicted octanol–water partition coefficient (Wildman–Crippen LogP) is 3.31. The highest BCUT2D eigenvalue weighted by atomic mass is 16.5. The fraction of sp³-hybridized carbons (Fsp3) is 0.222. The van der Waals surface area contributed by atoms with Crippen molar-refractivity contribution in [2.75, 3.05) is 19.0 Å². The number of para-hydroxylation sites is 2. The highest BCUT2D eigenvalue weighted by Gasteiger charge is 2.07. The van der Waals surface area contributed by atoms with Gasteiger partial charge in [-0.05, 0) is 31.2 Å². The van der Waals surface area contributed by atoms with E-state index in [2.05, 4.69) is 5.32 Å². The third kappa shape index (κ3) is 4.85. The van der Waals surface area contributed by atoms with E-state index in [1.807, 2.05) is 12.1 Å². The second kappa shape index (κ2) is 7.98. The molecular formula is C18H19NO4. The van der Waals surface area contributed by atoms with Gasteiger partial charge in [0.2, 0.25) is 5.91 Å². The predicted molar refractivity (Wildman–Crippen MR) is 88.2 cm³/mol. The number of Topliss-reactive ketones (excluding diaryl/α,β-unsaturated/α-hetero) is 1. The van der Waals surface area contributed by atoms with Crippen molar-refractivity contribution in [3.8, 4) is 11.5 Å². The van der Waals surface area contributed by atoms with Gasteiger partial charge in [0.1, 0.15) is 0 Å². The summed E-state index contributed by atoms with van der Waals surface area (Å²) in [5, 5.41) is 2.75. The Labute approximate surface area is 135 Å². The van der Waals surface area contributed by atoms with Gasteiger partial charge in [-0.15, -0.1) is 0 Å². The van der Waals surface area contributed by atoms with Crippen LogP contribution in [0.25, 0.3) is 0 Å². The van der Waals surface area contributed by atoms with Gasteiger partial charge in [-0.25, -0.2) is 0 Å². The number of methoxy groups -OCH3 is 1. The Morgan fingerprint density at radius 2 is 1.78 bits per heavy atom. The maximum atomic E-state index is 11.9. The van der Waals surface area contributed by atoms with E-state index in [-0.39, 0.29) is 24.7 Å². The molecule has 0 fully saturated rings. The Bertz CT molecular complexity index is 697. The summed E-state index contributed by atoms with van der Waals surface area (Å²) in [5.74, 6) is 1.00. The minimum atomic E-state index is -0.180. The van der Waals surface area contributed by atoms with Crippen LogP contribution in [-0.4, -0.2) is 25.4 Å². The summed E-state index contributed by atoms with van der Waals surface area (Å²) >= 11 is 0. The summed E-state index contributed by atoms with van der Waals surface area (Å²) in [6.07, 6.45) is 0.197. The molecule has 0 aliphatic carbocycles. The van der Waals surface area contributed by atoms with Gasteiger partial charge in [-0.3, -0.25) is 9.59 Å². The average molecular weight is 313 g/mol. The number of ether oxygens (including phenoxy) is 2. The number of ketones is 1. The van der Waals surface area contributed by atoms with Gasteiger partial charge >= 0.3 is 0 Å². The van der Waals surface area contributed by atoms with E-state index in [1.165, 1.54) is 6.92 Å². The SMILES string of the molecule is COc1ccccc1OCCC(=O)Nc1cccc(C(C)=O)c1. The lowest BCUT2D eigenvalue weighted by Gasteiger charge is -2.10. The zero-order valence-electron chi connectivity index (χ0n) is 13.2. The molecule has 1 amide bonds. The quantitative estimate of drug-likeness (QED) is 0.797. The molecule has 0 saturated heterocycles. The second-order valence-electron chi connectivity index (χ2n) is 4.93. The molecule has 0 saturated carbocycles. The van der Waals surface area contributed by atoms with Crippen molar-refractivity contribution in [1.29, 1.82) is 0 Å². The molecule has 0 aliphatic heterocycles. The number of rotatable bonds is 7. The summed E-state index contributed by atoms with van der Waals surface area (Å²) in [6.45, 7) is 1.72. The van der Waals surface area contributed by atoms with Crippen molar-refractivity contribution in [3.63, 3.8) is 0 Å². The molecule has 5 heteroatoms. The zero-order valence-corrected chi connectivity index (χ0v) is 13.2. The van der Waals surface area contributed by atoms with E-state index in [9.17, 15) is 9.59 Å². The van der Waals surface area contributed by atoms with Crippen molar-refractivity contribution in [2.45, 2.75) is 13.3 Å². The Kier molecular flexibility index (Phi) is 5.74. The lowest BCUT2D eigenvalue weighted by atomic mass is 10.1. The van der Waals surface area contributed by atoms with Crippen LogP contribution < -0.4 is 14.8 Å². The molecule has 0 radical (unpaired) electrons. The minimum absolute atomic E-state index is 0.0411. The summed E-state index contributed by atoms with van der Waals surface area (Å²) in [6, 6.07) is 14.1. The lowest BCUT2D eigenvalue weighted by Crippen LogP contribution is -2.15. The van der Waals surface area contributed by atoms with E-state index in [1.54, 1.807) is 43.5 Å². The highest BCUT2D eigenvalue weighted by Crippen LogP contribution is 2.25. The van der Waals surface area contributed by atoms with Crippen LogP contribution in [0.5, 0.6) is 11.5 Å². The first-order valence-electron chi connectivity index (χ1n) is 7.27. The molecule has 0 aliphatic rings. The molecule has 0 spiro atoms. The van der Waals surface area contributed by atoms with Gasteiger partial charge in [0.25, 0.3) is 0 Å². The molecule has 1 N–H and O–H groups in total. The number of hydrogen-bond donors (Lipinski definition) is 1. The number of amides is 1. The smallest absolute Gasteiger partial charge is 0.227 e. The third-order valence-corrected chi connectivity index (χ3v) is 3.21. The normalized spacial score (nSPS) is 10.0. The Morgan fingerprint density at radius 1 is 1.04 bits per heavy atom. The number of carbonyl (C=O) groups excluding carboxylic acids is 2. The first-order chi connectivity index (χ1) is 11.1. The van der Waals surface area contributed by atoms with E-state index < -0.39 is 0 Å². The van der Waals surface area contributed by atoms with Gasteiger partial charge in [0.15, 0.2) is 17.3 Å². The van der Waals surface area contributed by atoms with Crippen LogP contribution >= 0.6 is 0 Å². The fourth-order valence-electron chi connectivity index (χ4n) is 2.03. The van der Waals surface area contributed by atoms with E-state index in [4.69, 9.17) is 9.47 Å². The van der Waals surface area contributed by atoms with Crippen LogP contribution in [0.1, 0.15) is 23.7 Å². The van der Waals surface area contributed by atoms with Crippen LogP contribution in [-0.2, 0) is 4.79 Å². The summed E-state index contributed by atoms with van der Waals surface area (Å²) < 4.78 is 10.7. The summed E-state index contributed by atoms with van der Waals surface area (Å²) in [4.78, 5) is 23.3. The maximum absolute atomic E-state index is 11.9. The van der Waals surface area contributed by atoms with Crippen molar-refractivity contribution < 1.29 is 19.1 Å². The Morgan fingerprint density at radius 3 is 2.48 bits per heavy atom. The molecule has 0 atom stereocenters. The molecule has 2 aromatic rings. The van der Waals surface area contributed by atoms with Gasteiger partial charge in [-0.1, -0.05) is 24.3 Å². The van der Waals surface area contributed by atoms with Crippen molar-refractivity contribution in [1.82, 2.24) is 0 Å². The first kappa shape index (κ1) is 16.5. The van der Waals surface area contributed by atoms with E-state index in [0.29, 0.717) is 22.7 Å². The van der Waals surface area contributed by atoms with Crippen LogP contribution in [0.3, 0.4) is 0 Å². The second-order valence-corrected chi connectivity index (χ2v) is 4.93. The largest absolute Gasteiger partial charge is 0.493 e. The Hall–Kier alpha value is -2.82. The molecule has 5 nitrogen and oxygen atoms in total. The number of anilines is 1. The van der Waals surface area contributed by atoms with Gasteiger partial charge < -0.3 is 14.8 Å². The van der Waals surface area contributed by atoms with Crippen LogP contribution in [0.4, 0.5) is 5.69 Å². The molecule has 120 valence electrons. The Balaban J connectivity index is 1.86. The molecule has 2 rings (SSSR count). The molecule has 0 heterocycles. The summed E-state index contributed by atoms with van der Waals surface area (Å²) in [7, 11) is 1.57. The molecule has 0 bridgehead atoms. The van der Waals surface area contributed by atoms with Crippen LogP contribution in [0, 0.1) is 0 Å². The molecule has 23 heavy (non-hydrogen) atoms. The molecular weight excluding hydrogens is 294 g/mol. The van der Waals surface area contributed by atoms with Gasteiger partial charge in [-0.2, -0.15) is 0 Å². The lowest BCUT2D eigenvalue weighted by molar-refractivity contribution is -0.116. The molecule has 0 aromatic heterocycles. The van der Waals surface area contributed by atoms with Crippen molar-refractivity contribution in [3.05, 3.63) is 54.1 Å². The first-order valence-corrected chi connectivity index (χ1v) is 7.27. The zero-order chi connectivity index (χ0) is 16.7. The topological polar surface area (TPSA) is 64.6 Å². The number of hydrogen-bond acceptors (Lipinski definition) is 4. The fourth-order valence-corrected chi connectivity index (χ4v) is 2.03. The minimum Gasteiger partial charge on any atom is -0.493 e.